The number of hydrogen-bond acceptors (Lipinski definition) is 5. The maximum absolute atomic E-state index is 12.5. The number of Topliss-reactive ketones (excluding diaryl/α,β-unsaturated/α-hetero) is 3. The van der Waals surface area contributed by atoms with Gasteiger partial charge in [-0.15, -0.1) is 0 Å². The summed E-state index contributed by atoms with van der Waals surface area (Å²) in [6.07, 6.45) is 1.11. The Morgan fingerprint density at radius 2 is 2.00 bits per heavy atom. The minimum atomic E-state index is -1.15. The Morgan fingerprint density at radius 1 is 1.32 bits per heavy atom. The van der Waals surface area contributed by atoms with Gasteiger partial charge in [-0.25, -0.2) is 0 Å². The molecule has 118 valence electrons. The highest BCUT2D eigenvalue weighted by atomic mass is 35.5. The van der Waals surface area contributed by atoms with Crippen LogP contribution in [0.3, 0.4) is 0 Å². The number of nitrogens with one attached hydrogen (secondary N) is 1. The largest absolute Gasteiger partial charge is 0.302 e. The van der Waals surface area contributed by atoms with Gasteiger partial charge in [0.05, 0.1) is 6.61 Å². The van der Waals surface area contributed by atoms with Crippen molar-refractivity contribution in [3.8, 4) is 0 Å². The molecule has 0 saturated heterocycles. The predicted octanol–water partition coefficient (Wildman–Crippen LogP) is 2.50. The fourth-order valence-electron chi connectivity index (χ4n) is 2.46. The average Bonchev–Trinajstić information content (AvgIpc) is 2.49. The minimum absolute atomic E-state index is 0.286. The van der Waals surface area contributed by atoms with Crippen molar-refractivity contribution in [3.05, 3.63) is 34.3 Å². The van der Waals surface area contributed by atoms with E-state index in [9.17, 15) is 14.4 Å². The summed E-state index contributed by atoms with van der Waals surface area (Å²) in [6, 6.07) is 4.74. The van der Waals surface area contributed by atoms with Crippen LogP contribution in [-0.4, -0.2) is 24.0 Å². The lowest BCUT2D eigenvalue weighted by atomic mass is 9.81. The van der Waals surface area contributed by atoms with Crippen molar-refractivity contribution < 1.29 is 19.2 Å². The monoisotopic (exact) mass is 323 g/mol. The van der Waals surface area contributed by atoms with Gasteiger partial charge in [-0.3, -0.25) is 14.4 Å². The standard InChI is InChI=1S/C16H18ClNO4/c1-2-22-18-9-11-8-10(6-7-12(11)17)16(21)15-13(19)4-3-5-14(15)20/h6-8,15,18H,2-5,9H2,1H3. The van der Waals surface area contributed by atoms with Crippen LogP contribution in [0.4, 0.5) is 0 Å². The molecule has 1 aromatic rings. The molecule has 0 unspecified atom stereocenters. The van der Waals surface area contributed by atoms with Gasteiger partial charge in [0.1, 0.15) is 5.92 Å². The summed E-state index contributed by atoms with van der Waals surface area (Å²) in [4.78, 5) is 41.3. The fourth-order valence-corrected chi connectivity index (χ4v) is 2.64. The van der Waals surface area contributed by atoms with Gasteiger partial charge in [0, 0.05) is 30.0 Å². The van der Waals surface area contributed by atoms with Crippen LogP contribution in [-0.2, 0) is 21.0 Å². The molecule has 2 rings (SSSR count). The van der Waals surface area contributed by atoms with Crippen LogP contribution in [0.2, 0.25) is 5.02 Å². The van der Waals surface area contributed by atoms with E-state index in [0.717, 1.165) is 0 Å². The maximum Gasteiger partial charge on any atom is 0.180 e. The highest BCUT2D eigenvalue weighted by Crippen LogP contribution is 2.24. The molecule has 22 heavy (non-hydrogen) atoms. The van der Waals surface area contributed by atoms with Crippen LogP contribution in [0.15, 0.2) is 18.2 Å². The third kappa shape index (κ3) is 3.80. The summed E-state index contributed by atoms with van der Waals surface area (Å²) in [5.41, 5.74) is 3.73. The molecular formula is C16H18ClNO4. The number of hydroxylamine groups is 1. The van der Waals surface area contributed by atoms with Gasteiger partial charge in [-0.05, 0) is 37.1 Å². The Hall–Kier alpha value is -1.56. The van der Waals surface area contributed by atoms with E-state index in [1.54, 1.807) is 18.2 Å². The molecule has 1 N–H and O–H groups in total. The lowest BCUT2D eigenvalue weighted by Gasteiger charge is -2.18. The van der Waals surface area contributed by atoms with Gasteiger partial charge in [0.15, 0.2) is 17.3 Å². The first-order valence-corrected chi connectivity index (χ1v) is 7.65. The number of benzene rings is 1. The number of hydrogen-bond donors (Lipinski definition) is 1. The first-order valence-electron chi connectivity index (χ1n) is 7.27. The van der Waals surface area contributed by atoms with E-state index in [-0.39, 0.29) is 24.4 Å². The number of halogens is 1. The lowest BCUT2D eigenvalue weighted by molar-refractivity contribution is -0.133. The summed E-state index contributed by atoms with van der Waals surface area (Å²) in [5.74, 6) is -2.16. The molecule has 5 nitrogen and oxygen atoms in total. The van der Waals surface area contributed by atoms with E-state index in [0.29, 0.717) is 35.7 Å². The van der Waals surface area contributed by atoms with Crippen LogP contribution >= 0.6 is 11.6 Å². The number of ketones is 3. The third-order valence-corrected chi connectivity index (χ3v) is 3.96. The smallest absolute Gasteiger partial charge is 0.180 e. The Labute approximate surface area is 133 Å². The van der Waals surface area contributed by atoms with E-state index < -0.39 is 11.7 Å². The molecule has 0 spiro atoms. The van der Waals surface area contributed by atoms with Gasteiger partial charge in [0.25, 0.3) is 0 Å². The zero-order chi connectivity index (χ0) is 16.1. The highest BCUT2D eigenvalue weighted by molar-refractivity contribution is 6.31. The highest BCUT2D eigenvalue weighted by Gasteiger charge is 2.36. The summed E-state index contributed by atoms with van der Waals surface area (Å²) >= 11 is 6.08. The van der Waals surface area contributed by atoms with E-state index in [1.807, 2.05) is 6.92 Å². The zero-order valence-corrected chi connectivity index (χ0v) is 13.1. The SMILES string of the molecule is CCONCc1cc(C(=O)C2C(=O)CCCC2=O)ccc1Cl. The molecule has 0 aromatic heterocycles. The predicted molar refractivity (Wildman–Crippen MR) is 81.6 cm³/mol. The fraction of sp³-hybridized carbons (Fsp3) is 0.438. The molecule has 1 aliphatic carbocycles. The molecule has 1 fully saturated rings. The molecule has 0 atom stereocenters. The molecule has 0 aliphatic heterocycles. The van der Waals surface area contributed by atoms with Crippen LogP contribution in [0.25, 0.3) is 0 Å². The van der Waals surface area contributed by atoms with Crippen molar-refractivity contribution in [1.29, 1.82) is 0 Å². The number of carbonyl (C=O) groups is 3. The van der Waals surface area contributed by atoms with Crippen molar-refractivity contribution >= 4 is 29.0 Å². The quantitative estimate of drug-likeness (QED) is 0.377. The molecule has 1 saturated carbocycles. The normalized spacial score (nSPS) is 16.1. The lowest BCUT2D eigenvalue weighted by Crippen LogP contribution is -2.35. The van der Waals surface area contributed by atoms with Crippen LogP contribution in [0, 0.1) is 5.92 Å². The summed E-state index contributed by atoms with van der Waals surface area (Å²) in [7, 11) is 0. The van der Waals surface area contributed by atoms with Gasteiger partial charge in [0.2, 0.25) is 0 Å². The Kier molecular flexibility index (Phi) is 5.83. The molecule has 0 heterocycles. The van der Waals surface area contributed by atoms with Crippen molar-refractivity contribution in [2.45, 2.75) is 32.7 Å². The number of rotatable bonds is 6. The average molecular weight is 324 g/mol. The van der Waals surface area contributed by atoms with Crippen LogP contribution < -0.4 is 5.48 Å². The van der Waals surface area contributed by atoms with Crippen LogP contribution in [0.5, 0.6) is 0 Å². The van der Waals surface area contributed by atoms with Crippen molar-refractivity contribution in [2.24, 2.45) is 5.92 Å². The topological polar surface area (TPSA) is 72.5 Å². The van der Waals surface area contributed by atoms with Crippen LogP contribution in [0.1, 0.15) is 42.1 Å². The summed E-state index contributed by atoms with van der Waals surface area (Å²) in [5, 5.41) is 0.491. The second-order valence-corrected chi connectivity index (χ2v) is 5.55. The molecular weight excluding hydrogens is 306 g/mol. The van der Waals surface area contributed by atoms with Gasteiger partial charge in [-0.1, -0.05) is 11.6 Å². The van der Waals surface area contributed by atoms with Gasteiger partial charge < -0.3 is 4.84 Å². The summed E-state index contributed by atoms with van der Waals surface area (Å²) < 4.78 is 0. The van der Waals surface area contributed by atoms with Crippen molar-refractivity contribution in [2.75, 3.05) is 6.61 Å². The molecule has 0 amide bonds. The maximum atomic E-state index is 12.5. The van der Waals surface area contributed by atoms with E-state index >= 15 is 0 Å². The van der Waals surface area contributed by atoms with E-state index in [4.69, 9.17) is 16.4 Å². The summed E-state index contributed by atoms with van der Waals surface area (Å²) in [6.45, 7) is 2.68. The van der Waals surface area contributed by atoms with E-state index in [1.165, 1.54) is 0 Å². The van der Waals surface area contributed by atoms with Crippen molar-refractivity contribution in [1.82, 2.24) is 5.48 Å². The molecule has 6 heteroatoms. The molecule has 1 aromatic carbocycles. The van der Waals surface area contributed by atoms with Gasteiger partial charge in [-0.2, -0.15) is 5.48 Å². The van der Waals surface area contributed by atoms with E-state index in [2.05, 4.69) is 5.48 Å². The zero-order valence-electron chi connectivity index (χ0n) is 12.4. The molecule has 0 bridgehead atoms. The first-order chi connectivity index (χ1) is 10.5. The Bertz CT molecular complexity index is 584. The second kappa shape index (κ2) is 7.63. The number of carbonyl (C=O) groups excluding carboxylic acids is 3. The van der Waals surface area contributed by atoms with Crippen molar-refractivity contribution in [3.63, 3.8) is 0 Å². The second-order valence-electron chi connectivity index (χ2n) is 5.14. The first kappa shape index (κ1) is 16.8. The minimum Gasteiger partial charge on any atom is -0.302 e. The molecule has 0 radical (unpaired) electrons. The molecule has 1 aliphatic rings. The Balaban J connectivity index is 2.20. The Morgan fingerprint density at radius 3 is 2.64 bits per heavy atom. The third-order valence-electron chi connectivity index (χ3n) is 3.59. The van der Waals surface area contributed by atoms with Gasteiger partial charge >= 0.3 is 0 Å².